The monoisotopic (exact) mass is 368 g/mol. The van der Waals surface area contributed by atoms with Crippen LogP contribution in [0.25, 0.3) is 0 Å². The van der Waals surface area contributed by atoms with Crippen LogP contribution in [0.4, 0.5) is 5.69 Å². The molecule has 0 aliphatic carbocycles. The van der Waals surface area contributed by atoms with Crippen LogP contribution in [-0.2, 0) is 22.4 Å². The maximum Gasteiger partial charge on any atom is 0.226 e. The standard InChI is InChI=1S/C22H28N2O3/c1-4-19-9-5-6-11-21(19)23-22(26)13-15-24(17(2)25)14-12-18-8-7-10-20(16-18)27-3/h5-11,16H,4,12-15H2,1-3H3,(H,23,26). The molecule has 144 valence electrons. The number of hydrogen-bond acceptors (Lipinski definition) is 3. The van der Waals surface area contributed by atoms with Crippen molar-refractivity contribution in [3.05, 3.63) is 59.7 Å². The van der Waals surface area contributed by atoms with Gasteiger partial charge in [-0.1, -0.05) is 37.3 Å². The number of anilines is 1. The zero-order valence-electron chi connectivity index (χ0n) is 16.3. The predicted molar refractivity (Wildman–Crippen MR) is 108 cm³/mol. The lowest BCUT2D eigenvalue weighted by atomic mass is 10.1. The second kappa shape index (κ2) is 10.4. The topological polar surface area (TPSA) is 58.6 Å². The molecule has 0 heterocycles. The zero-order chi connectivity index (χ0) is 19.6. The first-order valence-electron chi connectivity index (χ1n) is 9.29. The first-order chi connectivity index (χ1) is 13.0. The summed E-state index contributed by atoms with van der Waals surface area (Å²) in [7, 11) is 1.64. The van der Waals surface area contributed by atoms with Gasteiger partial charge >= 0.3 is 0 Å². The molecular formula is C22H28N2O3. The highest BCUT2D eigenvalue weighted by Gasteiger charge is 2.12. The molecular weight excluding hydrogens is 340 g/mol. The molecule has 0 atom stereocenters. The third-order valence-corrected chi connectivity index (χ3v) is 4.53. The summed E-state index contributed by atoms with van der Waals surface area (Å²) in [5.41, 5.74) is 3.05. The van der Waals surface area contributed by atoms with E-state index in [-0.39, 0.29) is 18.2 Å². The van der Waals surface area contributed by atoms with Crippen molar-refractivity contribution in [1.82, 2.24) is 4.90 Å². The molecule has 0 unspecified atom stereocenters. The molecule has 2 aromatic carbocycles. The SMILES string of the molecule is CCc1ccccc1NC(=O)CCN(CCc1cccc(OC)c1)C(C)=O. The van der Waals surface area contributed by atoms with Crippen LogP contribution in [0.1, 0.15) is 31.4 Å². The van der Waals surface area contributed by atoms with Crippen LogP contribution < -0.4 is 10.1 Å². The highest BCUT2D eigenvalue weighted by atomic mass is 16.5. The first-order valence-corrected chi connectivity index (χ1v) is 9.29. The smallest absolute Gasteiger partial charge is 0.226 e. The number of methoxy groups -OCH3 is 1. The van der Waals surface area contributed by atoms with Gasteiger partial charge in [-0.25, -0.2) is 0 Å². The third kappa shape index (κ3) is 6.44. The van der Waals surface area contributed by atoms with Gasteiger partial charge in [-0.15, -0.1) is 0 Å². The largest absolute Gasteiger partial charge is 0.497 e. The van der Waals surface area contributed by atoms with E-state index in [9.17, 15) is 9.59 Å². The minimum absolute atomic E-state index is 0.0281. The second-order valence-corrected chi connectivity index (χ2v) is 6.42. The van der Waals surface area contributed by atoms with Gasteiger partial charge in [0, 0.05) is 32.1 Å². The molecule has 0 spiro atoms. The van der Waals surface area contributed by atoms with Gasteiger partial charge < -0.3 is 15.0 Å². The Bertz CT molecular complexity index is 774. The molecule has 0 bridgehead atoms. The maximum atomic E-state index is 12.3. The van der Waals surface area contributed by atoms with Crippen molar-refractivity contribution in [3.8, 4) is 5.75 Å². The zero-order valence-corrected chi connectivity index (χ0v) is 16.3. The number of carbonyl (C=O) groups excluding carboxylic acids is 2. The van der Waals surface area contributed by atoms with E-state index in [2.05, 4.69) is 12.2 Å². The molecule has 0 saturated heterocycles. The fraction of sp³-hybridized carbons (Fsp3) is 0.364. The maximum absolute atomic E-state index is 12.3. The number of benzene rings is 2. The van der Waals surface area contributed by atoms with Crippen LogP contribution in [0.3, 0.4) is 0 Å². The summed E-state index contributed by atoms with van der Waals surface area (Å²) >= 11 is 0. The molecule has 0 saturated carbocycles. The van der Waals surface area contributed by atoms with E-state index < -0.39 is 0 Å². The summed E-state index contributed by atoms with van der Waals surface area (Å²) in [5, 5.41) is 2.95. The highest BCUT2D eigenvalue weighted by Crippen LogP contribution is 2.16. The number of hydrogen-bond donors (Lipinski definition) is 1. The van der Waals surface area contributed by atoms with E-state index in [4.69, 9.17) is 4.74 Å². The van der Waals surface area contributed by atoms with Crippen LogP contribution in [0.15, 0.2) is 48.5 Å². The van der Waals surface area contributed by atoms with Crippen molar-refractivity contribution < 1.29 is 14.3 Å². The average Bonchev–Trinajstić information content (AvgIpc) is 2.68. The van der Waals surface area contributed by atoms with Crippen molar-refractivity contribution in [3.63, 3.8) is 0 Å². The van der Waals surface area contributed by atoms with E-state index in [1.54, 1.807) is 12.0 Å². The van der Waals surface area contributed by atoms with Crippen molar-refractivity contribution >= 4 is 17.5 Å². The molecule has 0 radical (unpaired) electrons. The summed E-state index contributed by atoms with van der Waals surface area (Å²) in [6, 6.07) is 15.6. The number of carbonyl (C=O) groups is 2. The van der Waals surface area contributed by atoms with Crippen LogP contribution in [0.2, 0.25) is 0 Å². The summed E-state index contributed by atoms with van der Waals surface area (Å²) in [6.07, 6.45) is 1.85. The summed E-state index contributed by atoms with van der Waals surface area (Å²) in [5.74, 6) is 0.694. The number of nitrogens with one attached hydrogen (secondary N) is 1. The Hall–Kier alpha value is -2.82. The Morgan fingerprint density at radius 2 is 1.85 bits per heavy atom. The molecule has 2 aromatic rings. The van der Waals surface area contributed by atoms with Crippen molar-refractivity contribution in [2.75, 3.05) is 25.5 Å². The third-order valence-electron chi connectivity index (χ3n) is 4.53. The van der Waals surface area contributed by atoms with E-state index in [1.807, 2.05) is 48.5 Å². The molecule has 0 aromatic heterocycles. The quantitative estimate of drug-likeness (QED) is 0.735. The molecule has 27 heavy (non-hydrogen) atoms. The second-order valence-electron chi connectivity index (χ2n) is 6.42. The Balaban J connectivity index is 1.88. The summed E-state index contributed by atoms with van der Waals surface area (Å²) < 4.78 is 5.23. The van der Waals surface area contributed by atoms with Crippen LogP contribution >= 0.6 is 0 Å². The van der Waals surface area contributed by atoms with Gasteiger partial charge in [-0.05, 0) is 42.2 Å². The van der Waals surface area contributed by atoms with E-state index >= 15 is 0 Å². The van der Waals surface area contributed by atoms with E-state index in [0.29, 0.717) is 13.1 Å². The lowest BCUT2D eigenvalue weighted by Crippen LogP contribution is -2.33. The lowest BCUT2D eigenvalue weighted by Gasteiger charge is -2.21. The number of rotatable bonds is 9. The average molecular weight is 368 g/mol. The lowest BCUT2D eigenvalue weighted by molar-refractivity contribution is -0.129. The molecule has 2 amide bonds. The van der Waals surface area contributed by atoms with Gasteiger partial charge in [-0.2, -0.15) is 0 Å². The normalized spacial score (nSPS) is 10.3. The van der Waals surface area contributed by atoms with Crippen molar-refractivity contribution in [2.24, 2.45) is 0 Å². The Morgan fingerprint density at radius 1 is 1.07 bits per heavy atom. The molecule has 0 fully saturated rings. The molecule has 5 nitrogen and oxygen atoms in total. The van der Waals surface area contributed by atoms with Crippen LogP contribution in [0, 0.1) is 0 Å². The number of para-hydroxylation sites is 1. The van der Waals surface area contributed by atoms with E-state index in [1.165, 1.54) is 6.92 Å². The fourth-order valence-electron chi connectivity index (χ4n) is 2.92. The summed E-state index contributed by atoms with van der Waals surface area (Å²) in [4.78, 5) is 25.9. The molecule has 5 heteroatoms. The van der Waals surface area contributed by atoms with Crippen molar-refractivity contribution in [2.45, 2.75) is 33.1 Å². The summed E-state index contributed by atoms with van der Waals surface area (Å²) in [6.45, 7) is 4.57. The molecule has 2 rings (SSSR count). The number of nitrogens with zero attached hydrogens (tertiary/aromatic N) is 1. The van der Waals surface area contributed by atoms with Gasteiger partial charge in [0.25, 0.3) is 0 Å². The first kappa shape index (κ1) is 20.5. The number of aryl methyl sites for hydroxylation is 1. The minimum Gasteiger partial charge on any atom is -0.497 e. The fourth-order valence-corrected chi connectivity index (χ4v) is 2.92. The van der Waals surface area contributed by atoms with Crippen molar-refractivity contribution in [1.29, 1.82) is 0 Å². The Labute approximate surface area is 161 Å². The number of ether oxygens (including phenoxy) is 1. The molecule has 1 N–H and O–H groups in total. The van der Waals surface area contributed by atoms with Gasteiger partial charge in [0.05, 0.1) is 7.11 Å². The van der Waals surface area contributed by atoms with Gasteiger partial charge in [0.1, 0.15) is 5.75 Å². The Kier molecular flexibility index (Phi) is 7.86. The Morgan fingerprint density at radius 3 is 2.56 bits per heavy atom. The van der Waals surface area contributed by atoms with Crippen LogP contribution in [-0.4, -0.2) is 36.9 Å². The van der Waals surface area contributed by atoms with E-state index in [0.717, 1.165) is 35.4 Å². The number of amides is 2. The van der Waals surface area contributed by atoms with Gasteiger partial charge in [0.15, 0.2) is 0 Å². The highest BCUT2D eigenvalue weighted by molar-refractivity contribution is 5.91. The minimum atomic E-state index is -0.0801. The molecule has 0 aliphatic heterocycles. The van der Waals surface area contributed by atoms with Crippen LogP contribution in [0.5, 0.6) is 5.75 Å². The molecule has 0 aliphatic rings. The van der Waals surface area contributed by atoms with Gasteiger partial charge in [-0.3, -0.25) is 9.59 Å². The van der Waals surface area contributed by atoms with Gasteiger partial charge in [0.2, 0.25) is 11.8 Å². The predicted octanol–water partition coefficient (Wildman–Crippen LogP) is 3.68.